The third-order valence-corrected chi connectivity index (χ3v) is 20.7. The van der Waals surface area contributed by atoms with Gasteiger partial charge < -0.3 is 9.13 Å². The topological polar surface area (TPSA) is 182 Å². The molecular formula is C100H58N12. The first-order valence-corrected chi connectivity index (χ1v) is 36.6. The lowest BCUT2D eigenvalue weighted by molar-refractivity contribution is 1.07. The molecule has 0 spiro atoms. The van der Waals surface area contributed by atoms with Gasteiger partial charge in [0.1, 0.15) is 0 Å². The molecule has 0 aliphatic rings. The van der Waals surface area contributed by atoms with Gasteiger partial charge in [-0.05, 0) is 201 Å². The van der Waals surface area contributed by atoms with Gasteiger partial charge in [0.05, 0.1) is 74.3 Å². The number of aromatic nitrogens is 8. The van der Waals surface area contributed by atoms with Crippen molar-refractivity contribution in [2.24, 2.45) is 0 Å². The maximum atomic E-state index is 10.1. The van der Waals surface area contributed by atoms with Gasteiger partial charge in [-0.3, -0.25) is 0 Å². The van der Waals surface area contributed by atoms with Crippen LogP contribution in [0.25, 0.3) is 190 Å². The van der Waals surface area contributed by atoms with Crippen LogP contribution in [0.3, 0.4) is 0 Å². The van der Waals surface area contributed by atoms with Crippen LogP contribution in [0, 0.1) is 45.3 Å². The summed E-state index contributed by atoms with van der Waals surface area (Å²) in [5, 5.41) is 44.4. The lowest BCUT2D eigenvalue weighted by Crippen LogP contribution is -2.02. The zero-order valence-corrected chi connectivity index (χ0v) is 59.9. The largest absolute Gasteiger partial charge is 0.309 e. The number of hydrogen-bond donors (Lipinski definition) is 0. The zero-order valence-electron chi connectivity index (χ0n) is 59.9. The number of nitrogens with zero attached hydrogens (tertiary/aromatic N) is 12. The molecule has 0 amide bonds. The summed E-state index contributed by atoms with van der Waals surface area (Å²) in [5.74, 6) is 3.07. The second-order valence-electron chi connectivity index (χ2n) is 27.5. The van der Waals surface area contributed by atoms with Gasteiger partial charge >= 0.3 is 0 Å². The van der Waals surface area contributed by atoms with Gasteiger partial charge in [-0.15, -0.1) is 0 Å². The molecule has 4 aromatic heterocycles. The molecule has 0 N–H and O–H groups in total. The first kappa shape index (κ1) is 66.6. The van der Waals surface area contributed by atoms with Gasteiger partial charge in [-0.25, -0.2) is 29.9 Å². The molecule has 112 heavy (non-hydrogen) atoms. The van der Waals surface area contributed by atoms with Crippen LogP contribution in [0.5, 0.6) is 0 Å². The molecule has 19 aromatic rings. The minimum absolute atomic E-state index is 0.470. The minimum atomic E-state index is 0.470. The van der Waals surface area contributed by atoms with Crippen molar-refractivity contribution < 1.29 is 0 Å². The van der Waals surface area contributed by atoms with E-state index in [-0.39, 0.29) is 0 Å². The van der Waals surface area contributed by atoms with Gasteiger partial charge in [-0.2, -0.15) is 21.0 Å². The van der Waals surface area contributed by atoms with E-state index < -0.39 is 0 Å². The molecular weight excluding hydrogens is 1370 g/mol. The van der Waals surface area contributed by atoms with E-state index in [0.717, 1.165) is 155 Å². The highest BCUT2D eigenvalue weighted by Crippen LogP contribution is 2.45. The molecule has 0 aliphatic heterocycles. The molecule has 0 saturated heterocycles. The van der Waals surface area contributed by atoms with Gasteiger partial charge in [0.15, 0.2) is 34.9 Å². The van der Waals surface area contributed by atoms with Crippen molar-refractivity contribution >= 4 is 43.6 Å². The number of rotatable bonds is 14. The smallest absolute Gasteiger partial charge is 0.164 e. The Kier molecular flexibility index (Phi) is 16.8. The number of nitriles is 4. The first-order valence-electron chi connectivity index (χ1n) is 36.6. The monoisotopic (exact) mass is 1430 g/mol. The summed E-state index contributed by atoms with van der Waals surface area (Å²) in [6.45, 7) is 0. The van der Waals surface area contributed by atoms with E-state index in [2.05, 4.69) is 167 Å². The molecule has 518 valence electrons. The summed E-state index contributed by atoms with van der Waals surface area (Å²) < 4.78 is 4.65. The molecule has 0 saturated carbocycles. The molecule has 0 fully saturated rings. The Hall–Kier alpha value is -16.1. The molecule has 4 heterocycles. The molecule has 0 unspecified atom stereocenters. The highest BCUT2D eigenvalue weighted by molar-refractivity contribution is 6.14. The van der Waals surface area contributed by atoms with E-state index in [1.54, 1.807) is 0 Å². The molecule has 0 radical (unpaired) electrons. The molecule has 0 atom stereocenters. The summed E-state index contributed by atoms with van der Waals surface area (Å²) >= 11 is 0. The minimum Gasteiger partial charge on any atom is -0.309 e. The molecule has 12 heteroatoms. The average Bonchev–Trinajstić information content (AvgIpc) is 1.58. The maximum Gasteiger partial charge on any atom is 0.164 e. The summed E-state index contributed by atoms with van der Waals surface area (Å²) in [7, 11) is 0. The molecule has 12 nitrogen and oxygen atoms in total. The van der Waals surface area contributed by atoms with Crippen LogP contribution >= 0.6 is 0 Å². The van der Waals surface area contributed by atoms with Gasteiger partial charge in [0, 0.05) is 66.2 Å². The highest BCUT2D eigenvalue weighted by Gasteiger charge is 2.24. The van der Waals surface area contributed by atoms with Crippen LogP contribution in [-0.4, -0.2) is 39.0 Å². The van der Waals surface area contributed by atoms with Crippen LogP contribution in [0.2, 0.25) is 0 Å². The third-order valence-electron chi connectivity index (χ3n) is 20.7. The number of fused-ring (bicyclic) bond motifs is 6. The fourth-order valence-corrected chi connectivity index (χ4v) is 15.3. The molecule has 0 aliphatic carbocycles. The standard InChI is InChI=1S/C100H58N12/c101-59-63-18-13-30-71(46-63)76-36-41-91-86(54-76)87-55-77(72-31-14-19-64(47-72)60-102)37-42-92(87)111(91)84-52-82(51-83(53-84)100-109-97(69-26-9-3-10-27-69)106-98(110-100)70-28-11-4-12-29-70)75-34-17-35-80(50-75)85-58-81(99-107-95(67-22-5-1-6-23-67)105-96(108-99)68-24-7-2-8-25-68)40-45-90(85)112-93-43-38-78(73-32-15-20-65(48-73)61-103)56-88(93)89-57-79(39-44-94(89)112)74-33-16-21-66(49-74)62-104/h1-58H. The van der Waals surface area contributed by atoms with Crippen molar-refractivity contribution in [2.45, 2.75) is 0 Å². The molecule has 15 aromatic carbocycles. The van der Waals surface area contributed by atoms with Crippen molar-refractivity contribution in [3.63, 3.8) is 0 Å². The van der Waals surface area contributed by atoms with Crippen LogP contribution < -0.4 is 0 Å². The van der Waals surface area contributed by atoms with Crippen molar-refractivity contribution in [1.29, 1.82) is 21.0 Å². The Balaban J connectivity index is 0.868. The van der Waals surface area contributed by atoms with E-state index in [0.29, 0.717) is 57.2 Å². The summed E-state index contributed by atoms with van der Waals surface area (Å²) in [6.07, 6.45) is 0. The van der Waals surface area contributed by atoms with Crippen LogP contribution in [0.4, 0.5) is 0 Å². The van der Waals surface area contributed by atoms with E-state index in [4.69, 9.17) is 29.9 Å². The van der Waals surface area contributed by atoms with Gasteiger partial charge in [0.25, 0.3) is 0 Å². The SMILES string of the molecule is N#Cc1cccc(-c2ccc3c(c2)c2cc(-c4cccc(C#N)c4)ccc2n3-c2cc(-c3cccc(-c4cc(-c5nc(-c6ccccc6)nc(-c6ccccc6)n5)ccc4-n4c5ccc(-c6cccc(C#N)c6)cc5c5cc(-c6cccc(C#N)c6)ccc54)c3)cc(-c3nc(-c4ccccc4)nc(-c4ccccc4)n3)c2)c1. The van der Waals surface area contributed by atoms with Crippen LogP contribution in [0.1, 0.15) is 22.3 Å². The Morgan fingerprint density at radius 1 is 0.188 bits per heavy atom. The van der Waals surface area contributed by atoms with E-state index in [9.17, 15) is 21.0 Å². The highest BCUT2D eigenvalue weighted by atomic mass is 15.1. The Morgan fingerprint density at radius 3 is 0.812 bits per heavy atom. The predicted octanol–water partition coefficient (Wildman–Crippen LogP) is 23.7. The lowest BCUT2D eigenvalue weighted by atomic mass is 9.95. The predicted molar refractivity (Wildman–Crippen MR) is 446 cm³/mol. The Morgan fingerprint density at radius 2 is 0.455 bits per heavy atom. The second kappa shape index (κ2) is 28.3. The van der Waals surface area contributed by atoms with Crippen molar-refractivity contribution in [1.82, 2.24) is 39.0 Å². The van der Waals surface area contributed by atoms with Crippen molar-refractivity contribution in [3.8, 4) is 171 Å². The summed E-state index contributed by atoms with van der Waals surface area (Å²) in [4.78, 5) is 31.6. The van der Waals surface area contributed by atoms with Crippen LogP contribution in [-0.2, 0) is 0 Å². The fourth-order valence-electron chi connectivity index (χ4n) is 15.3. The summed E-state index contributed by atoms with van der Waals surface area (Å²) in [5.41, 5.74) is 23.6. The van der Waals surface area contributed by atoms with Gasteiger partial charge in [-0.1, -0.05) is 212 Å². The van der Waals surface area contributed by atoms with Gasteiger partial charge in [0.2, 0.25) is 0 Å². The van der Waals surface area contributed by atoms with E-state index in [1.807, 2.05) is 218 Å². The Labute approximate surface area is 644 Å². The summed E-state index contributed by atoms with van der Waals surface area (Å²) in [6, 6.07) is 128. The fraction of sp³-hybridized carbons (Fsp3) is 0. The van der Waals surface area contributed by atoms with Crippen molar-refractivity contribution in [2.75, 3.05) is 0 Å². The second-order valence-corrected chi connectivity index (χ2v) is 27.5. The number of hydrogen-bond acceptors (Lipinski definition) is 10. The van der Waals surface area contributed by atoms with Crippen LogP contribution in [0.15, 0.2) is 352 Å². The lowest BCUT2D eigenvalue weighted by Gasteiger charge is -2.18. The Bertz CT molecular complexity index is 6830. The third kappa shape index (κ3) is 12.5. The molecule has 0 bridgehead atoms. The van der Waals surface area contributed by atoms with E-state index in [1.165, 1.54) is 0 Å². The van der Waals surface area contributed by atoms with E-state index >= 15 is 0 Å². The maximum absolute atomic E-state index is 10.1. The van der Waals surface area contributed by atoms with Crippen molar-refractivity contribution in [3.05, 3.63) is 374 Å². The quantitative estimate of drug-likeness (QED) is 0.102. The zero-order chi connectivity index (χ0) is 75.2. The molecule has 19 rings (SSSR count). The normalized spacial score (nSPS) is 11.2. The average molecular weight is 1430 g/mol. The first-order chi connectivity index (χ1) is 55.2. The number of benzene rings is 15.